The lowest BCUT2D eigenvalue weighted by Crippen LogP contribution is -2.32. The van der Waals surface area contributed by atoms with Crippen molar-refractivity contribution in [1.29, 1.82) is 0 Å². The molecule has 138 valence electrons. The number of nitrogens with one attached hydrogen (secondary N) is 2. The van der Waals surface area contributed by atoms with Gasteiger partial charge in [0.05, 0.1) is 19.7 Å². The summed E-state index contributed by atoms with van der Waals surface area (Å²) in [4.78, 5) is 12.3. The Hall–Kier alpha value is -2.49. The van der Waals surface area contributed by atoms with Crippen molar-refractivity contribution in [1.82, 2.24) is 5.32 Å². The van der Waals surface area contributed by atoms with Crippen molar-refractivity contribution in [3.63, 3.8) is 0 Å². The molecule has 2 N–H and O–H groups in total. The Labute approximate surface area is 156 Å². The van der Waals surface area contributed by atoms with Gasteiger partial charge in [0, 0.05) is 5.69 Å². The molecule has 1 unspecified atom stereocenters. The standard InChI is InChI=1S/C22H28N2O2/c1-15-12-20(26-3)10-11-21(15)23-14-22(25)24-16(2)18-9-8-17-6-4-5-7-19(17)13-18/h8-13,16,23H,4-7,14H2,1-3H3,(H,24,25). The van der Waals surface area contributed by atoms with Gasteiger partial charge >= 0.3 is 0 Å². The molecule has 0 aliphatic heterocycles. The van der Waals surface area contributed by atoms with Crippen LogP contribution in [0, 0.1) is 6.92 Å². The second-order valence-corrected chi connectivity index (χ2v) is 7.06. The number of benzene rings is 2. The third-order valence-electron chi connectivity index (χ3n) is 5.12. The van der Waals surface area contributed by atoms with Crippen LogP contribution in [-0.4, -0.2) is 19.6 Å². The Morgan fingerprint density at radius 2 is 1.88 bits per heavy atom. The molecule has 1 atom stereocenters. The number of carbonyl (C=O) groups excluding carboxylic acids is 1. The van der Waals surface area contributed by atoms with E-state index in [4.69, 9.17) is 4.74 Å². The molecule has 1 aliphatic carbocycles. The van der Waals surface area contributed by atoms with Crippen molar-refractivity contribution >= 4 is 11.6 Å². The molecule has 0 aromatic heterocycles. The lowest BCUT2D eigenvalue weighted by atomic mass is 9.89. The molecule has 4 heteroatoms. The minimum absolute atomic E-state index is 0.00786. The van der Waals surface area contributed by atoms with E-state index in [1.165, 1.54) is 36.0 Å². The Bertz CT molecular complexity index is 786. The number of fused-ring (bicyclic) bond motifs is 1. The fourth-order valence-corrected chi connectivity index (χ4v) is 3.54. The van der Waals surface area contributed by atoms with Gasteiger partial charge in [0.25, 0.3) is 0 Å². The van der Waals surface area contributed by atoms with Crippen molar-refractivity contribution in [3.8, 4) is 5.75 Å². The quantitative estimate of drug-likeness (QED) is 0.820. The maximum atomic E-state index is 12.3. The summed E-state index contributed by atoms with van der Waals surface area (Å²) in [7, 11) is 1.65. The molecular weight excluding hydrogens is 324 g/mol. The summed E-state index contributed by atoms with van der Waals surface area (Å²) in [5, 5.41) is 6.29. The molecule has 2 aromatic carbocycles. The monoisotopic (exact) mass is 352 g/mol. The molecule has 0 heterocycles. The largest absolute Gasteiger partial charge is 0.497 e. The van der Waals surface area contributed by atoms with Gasteiger partial charge in [0.1, 0.15) is 5.75 Å². The number of hydrogen-bond acceptors (Lipinski definition) is 3. The third kappa shape index (κ3) is 4.37. The molecular formula is C22H28N2O2. The lowest BCUT2D eigenvalue weighted by molar-refractivity contribution is -0.120. The predicted molar refractivity (Wildman–Crippen MR) is 106 cm³/mol. The normalized spacial score (nSPS) is 14.3. The Kier molecular flexibility index (Phi) is 5.82. The summed E-state index contributed by atoms with van der Waals surface area (Å²) in [6.45, 7) is 4.29. The zero-order valence-corrected chi connectivity index (χ0v) is 15.9. The number of methoxy groups -OCH3 is 1. The molecule has 0 bridgehead atoms. The van der Waals surface area contributed by atoms with E-state index in [0.29, 0.717) is 0 Å². The summed E-state index contributed by atoms with van der Waals surface area (Å²) in [5.41, 5.74) is 6.10. The molecule has 26 heavy (non-hydrogen) atoms. The maximum Gasteiger partial charge on any atom is 0.239 e. The molecule has 0 spiro atoms. The average molecular weight is 352 g/mol. The van der Waals surface area contributed by atoms with Gasteiger partial charge in [-0.25, -0.2) is 0 Å². The molecule has 1 amide bonds. The summed E-state index contributed by atoms with van der Waals surface area (Å²) >= 11 is 0. The molecule has 0 radical (unpaired) electrons. The summed E-state index contributed by atoms with van der Waals surface area (Å²) in [6.07, 6.45) is 4.89. The van der Waals surface area contributed by atoms with Crippen LogP contribution >= 0.6 is 0 Å². The fraction of sp³-hybridized carbons (Fsp3) is 0.409. The van der Waals surface area contributed by atoms with E-state index in [1.807, 2.05) is 32.0 Å². The predicted octanol–water partition coefficient (Wildman–Crippen LogP) is 4.17. The van der Waals surface area contributed by atoms with Gasteiger partial charge in [-0.3, -0.25) is 4.79 Å². The number of amides is 1. The van der Waals surface area contributed by atoms with Crippen LogP contribution in [0.15, 0.2) is 36.4 Å². The van der Waals surface area contributed by atoms with Crippen LogP contribution in [-0.2, 0) is 17.6 Å². The van der Waals surface area contributed by atoms with Crippen molar-refractivity contribution < 1.29 is 9.53 Å². The van der Waals surface area contributed by atoms with Crippen molar-refractivity contribution in [2.75, 3.05) is 19.0 Å². The van der Waals surface area contributed by atoms with Crippen LogP contribution in [0.4, 0.5) is 5.69 Å². The van der Waals surface area contributed by atoms with Gasteiger partial charge in [-0.2, -0.15) is 0 Å². The smallest absolute Gasteiger partial charge is 0.239 e. The molecule has 0 fully saturated rings. The van der Waals surface area contributed by atoms with E-state index in [9.17, 15) is 4.79 Å². The van der Waals surface area contributed by atoms with Crippen LogP contribution in [0.2, 0.25) is 0 Å². The first kappa shape index (κ1) is 18.3. The van der Waals surface area contributed by atoms with Gasteiger partial charge in [0.15, 0.2) is 0 Å². The number of rotatable bonds is 6. The second kappa shape index (κ2) is 8.26. The average Bonchev–Trinajstić information content (AvgIpc) is 2.66. The van der Waals surface area contributed by atoms with E-state index < -0.39 is 0 Å². The fourth-order valence-electron chi connectivity index (χ4n) is 3.54. The highest BCUT2D eigenvalue weighted by Crippen LogP contribution is 2.25. The zero-order chi connectivity index (χ0) is 18.5. The van der Waals surface area contributed by atoms with E-state index in [1.54, 1.807) is 7.11 Å². The van der Waals surface area contributed by atoms with Gasteiger partial charge in [-0.15, -0.1) is 0 Å². The maximum absolute atomic E-state index is 12.3. The Morgan fingerprint density at radius 1 is 1.12 bits per heavy atom. The second-order valence-electron chi connectivity index (χ2n) is 7.06. The van der Waals surface area contributed by atoms with E-state index in [-0.39, 0.29) is 18.5 Å². The van der Waals surface area contributed by atoms with E-state index >= 15 is 0 Å². The van der Waals surface area contributed by atoms with E-state index in [0.717, 1.165) is 23.4 Å². The summed E-state index contributed by atoms with van der Waals surface area (Å²) < 4.78 is 5.21. The first-order valence-electron chi connectivity index (χ1n) is 9.36. The minimum Gasteiger partial charge on any atom is -0.497 e. The summed E-state index contributed by atoms with van der Waals surface area (Å²) in [6, 6.07) is 12.4. The number of carbonyl (C=O) groups is 1. The van der Waals surface area contributed by atoms with Gasteiger partial charge in [-0.1, -0.05) is 18.2 Å². The zero-order valence-electron chi connectivity index (χ0n) is 15.9. The highest BCUT2D eigenvalue weighted by molar-refractivity contribution is 5.81. The topological polar surface area (TPSA) is 50.4 Å². The number of anilines is 1. The molecule has 1 aliphatic rings. The van der Waals surface area contributed by atoms with Crippen LogP contribution in [0.1, 0.15) is 48.1 Å². The molecule has 4 nitrogen and oxygen atoms in total. The van der Waals surface area contributed by atoms with E-state index in [2.05, 4.69) is 28.8 Å². The number of hydrogen-bond donors (Lipinski definition) is 2. The van der Waals surface area contributed by atoms with Crippen molar-refractivity contribution in [2.45, 2.75) is 45.6 Å². The minimum atomic E-state index is -0.00885. The van der Waals surface area contributed by atoms with Crippen LogP contribution in [0.5, 0.6) is 5.75 Å². The first-order chi connectivity index (χ1) is 12.6. The number of aryl methyl sites for hydroxylation is 3. The van der Waals surface area contributed by atoms with Crippen molar-refractivity contribution in [3.05, 3.63) is 58.7 Å². The Morgan fingerprint density at radius 3 is 2.62 bits per heavy atom. The SMILES string of the molecule is COc1ccc(NCC(=O)NC(C)c2ccc3c(c2)CCCC3)c(C)c1. The molecule has 0 saturated carbocycles. The van der Waals surface area contributed by atoms with Gasteiger partial charge < -0.3 is 15.4 Å². The number of ether oxygens (including phenoxy) is 1. The summed E-state index contributed by atoms with van der Waals surface area (Å²) in [5.74, 6) is 0.809. The Balaban J connectivity index is 1.56. The highest BCUT2D eigenvalue weighted by Gasteiger charge is 2.14. The molecule has 2 aromatic rings. The molecule has 0 saturated heterocycles. The highest BCUT2D eigenvalue weighted by atomic mass is 16.5. The van der Waals surface area contributed by atoms with Crippen LogP contribution in [0.3, 0.4) is 0 Å². The third-order valence-corrected chi connectivity index (χ3v) is 5.12. The van der Waals surface area contributed by atoms with Gasteiger partial charge in [0.2, 0.25) is 5.91 Å². The van der Waals surface area contributed by atoms with Crippen molar-refractivity contribution in [2.24, 2.45) is 0 Å². The van der Waals surface area contributed by atoms with Crippen LogP contribution in [0.25, 0.3) is 0 Å². The first-order valence-corrected chi connectivity index (χ1v) is 9.36. The van der Waals surface area contributed by atoms with Gasteiger partial charge in [-0.05, 0) is 80.0 Å². The molecule has 3 rings (SSSR count). The van der Waals surface area contributed by atoms with Crippen LogP contribution < -0.4 is 15.4 Å². The lowest BCUT2D eigenvalue weighted by Gasteiger charge is -2.20.